The average Bonchev–Trinajstić information content (AvgIpc) is 2.75. The third-order valence-electron chi connectivity index (χ3n) is 5.35. The van der Waals surface area contributed by atoms with E-state index >= 15 is 0 Å². The Morgan fingerprint density at radius 1 is 0.647 bits per heavy atom. The fourth-order valence-electron chi connectivity index (χ4n) is 3.79. The summed E-state index contributed by atoms with van der Waals surface area (Å²) in [6.45, 7) is 2.71. The molecular weight excluding hydrogens is 480 g/mol. The molecule has 12 heteroatoms. The van der Waals surface area contributed by atoms with E-state index in [4.69, 9.17) is 0 Å². The van der Waals surface area contributed by atoms with Gasteiger partial charge in [-0.3, -0.25) is 9.59 Å². The van der Waals surface area contributed by atoms with E-state index in [2.05, 4.69) is 20.1 Å². The third-order valence-corrected chi connectivity index (χ3v) is 8.36. The highest BCUT2D eigenvalue weighted by atomic mass is 32.2. The molecule has 1 aliphatic rings. The van der Waals surface area contributed by atoms with Crippen LogP contribution in [-0.2, 0) is 29.6 Å². The zero-order valence-electron chi connectivity index (χ0n) is 18.9. The Balaban J connectivity index is 1.73. The molecule has 2 amide bonds. The first-order valence-corrected chi connectivity index (χ1v) is 13.7. The number of sulfonamides is 2. The first kappa shape index (κ1) is 25.8. The molecule has 2 aromatic rings. The van der Waals surface area contributed by atoms with Crippen LogP contribution >= 0.6 is 0 Å². The summed E-state index contributed by atoms with van der Waals surface area (Å²) < 4.78 is 57.0. The van der Waals surface area contributed by atoms with Crippen LogP contribution in [0.1, 0.15) is 39.5 Å². The predicted molar refractivity (Wildman–Crippen MR) is 128 cm³/mol. The summed E-state index contributed by atoms with van der Waals surface area (Å²) >= 11 is 0. The lowest BCUT2D eigenvalue weighted by Gasteiger charge is -2.32. The number of rotatable bonds is 8. The largest absolute Gasteiger partial charge is 0.326 e. The van der Waals surface area contributed by atoms with Gasteiger partial charge in [0.15, 0.2) is 0 Å². The van der Waals surface area contributed by atoms with Crippen LogP contribution in [0.2, 0.25) is 0 Å². The molecular formula is C22H28N4O6S2. The van der Waals surface area contributed by atoms with Crippen LogP contribution in [0.25, 0.3) is 0 Å². The Morgan fingerprint density at radius 3 is 1.26 bits per heavy atom. The summed E-state index contributed by atoms with van der Waals surface area (Å²) in [5.41, 5.74) is 0.943. The minimum absolute atomic E-state index is 0.0161. The first-order valence-electron chi connectivity index (χ1n) is 10.8. The highest BCUT2D eigenvalue weighted by Crippen LogP contribution is 2.24. The average molecular weight is 509 g/mol. The Hall–Kier alpha value is -2.80. The Kier molecular flexibility index (Phi) is 8.08. The van der Waals surface area contributed by atoms with E-state index in [1.54, 1.807) is 0 Å². The Labute approximate surface area is 199 Å². The molecule has 0 heterocycles. The molecule has 0 saturated heterocycles. The van der Waals surface area contributed by atoms with Gasteiger partial charge in [-0.25, -0.2) is 26.3 Å². The number of amides is 2. The third kappa shape index (κ3) is 6.86. The molecule has 1 fully saturated rings. The second-order valence-corrected chi connectivity index (χ2v) is 11.6. The second kappa shape index (κ2) is 10.6. The highest BCUT2D eigenvalue weighted by Gasteiger charge is 2.32. The van der Waals surface area contributed by atoms with Crippen LogP contribution in [0.5, 0.6) is 0 Å². The smallest absolute Gasteiger partial charge is 0.240 e. The van der Waals surface area contributed by atoms with Crippen LogP contribution in [0.3, 0.4) is 0 Å². The second-order valence-electron chi connectivity index (χ2n) is 8.15. The molecule has 2 atom stereocenters. The summed E-state index contributed by atoms with van der Waals surface area (Å²) in [7, 11) is -7.83. The maximum Gasteiger partial charge on any atom is 0.240 e. The number of nitrogens with one attached hydrogen (secondary N) is 4. The Bertz CT molecular complexity index is 1140. The fourth-order valence-corrected chi connectivity index (χ4v) is 6.41. The van der Waals surface area contributed by atoms with Crippen molar-refractivity contribution in [1.82, 2.24) is 9.44 Å². The van der Waals surface area contributed by atoms with Crippen LogP contribution in [0.4, 0.5) is 11.4 Å². The summed E-state index contributed by atoms with van der Waals surface area (Å²) in [5.74, 6) is -0.536. The topological polar surface area (TPSA) is 151 Å². The van der Waals surface area contributed by atoms with Gasteiger partial charge in [0, 0.05) is 37.3 Å². The van der Waals surface area contributed by atoms with E-state index < -0.39 is 32.1 Å². The van der Waals surface area contributed by atoms with Gasteiger partial charge in [0.2, 0.25) is 31.9 Å². The summed E-state index contributed by atoms with van der Waals surface area (Å²) in [6.07, 6.45) is 2.49. The zero-order chi connectivity index (χ0) is 24.9. The van der Waals surface area contributed by atoms with Crippen molar-refractivity contribution in [2.24, 2.45) is 0 Å². The van der Waals surface area contributed by atoms with Gasteiger partial charge in [-0.2, -0.15) is 0 Å². The number of hydrogen-bond acceptors (Lipinski definition) is 6. The van der Waals surface area contributed by atoms with Crippen LogP contribution in [-0.4, -0.2) is 40.7 Å². The SMILES string of the molecule is CC(=O)Nc1ccc(S(=O)(=O)NC2CCCCC2NS(=O)(=O)c2ccc(NC(C)=O)cc2)cc1. The minimum atomic E-state index is -3.91. The molecule has 4 N–H and O–H groups in total. The van der Waals surface area contributed by atoms with Gasteiger partial charge in [0.1, 0.15) is 0 Å². The minimum Gasteiger partial charge on any atom is -0.326 e. The van der Waals surface area contributed by atoms with Crippen molar-refractivity contribution in [1.29, 1.82) is 0 Å². The Morgan fingerprint density at radius 2 is 0.971 bits per heavy atom. The van der Waals surface area contributed by atoms with Gasteiger partial charge >= 0.3 is 0 Å². The maximum absolute atomic E-state index is 12.9. The molecule has 184 valence electrons. The molecule has 0 spiro atoms. The van der Waals surface area contributed by atoms with Crippen LogP contribution in [0.15, 0.2) is 58.3 Å². The molecule has 0 radical (unpaired) electrons. The molecule has 3 rings (SSSR count). The number of hydrogen-bond donors (Lipinski definition) is 4. The van der Waals surface area contributed by atoms with E-state index in [-0.39, 0.29) is 21.6 Å². The summed E-state index contributed by atoms with van der Waals surface area (Å²) in [5, 5.41) is 5.15. The summed E-state index contributed by atoms with van der Waals surface area (Å²) in [4.78, 5) is 22.3. The van der Waals surface area contributed by atoms with Crippen molar-refractivity contribution >= 4 is 43.2 Å². The van der Waals surface area contributed by atoms with Crippen molar-refractivity contribution in [3.63, 3.8) is 0 Å². The molecule has 0 aliphatic heterocycles. The van der Waals surface area contributed by atoms with Crippen molar-refractivity contribution in [2.75, 3.05) is 10.6 Å². The molecule has 0 aromatic heterocycles. The lowest BCUT2D eigenvalue weighted by Crippen LogP contribution is -2.52. The maximum atomic E-state index is 12.9. The van der Waals surface area contributed by atoms with Crippen molar-refractivity contribution in [3.8, 4) is 0 Å². The van der Waals surface area contributed by atoms with Gasteiger partial charge in [-0.1, -0.05) is 12.8 Å². The molecule has 2 aromatic carbocycles. The van der Waals surface area contributed by atoms with Crippen LogP contribution < -0.4 is 20.1 Å². The molecule has 10 nitrogen and oxygen atoms in total. The van der Waals surface area contributed by atoms with Gasteiger partial charge in [-0.05, 0) is 61.4 Å². The molecule has 34 heavy (non-hydrogen) atoms. The molecule has 1 aliphatic carbocycles. The number of anilines is 2. The van der Waals surface area contributed by atoms with Gasteiger partial charge < -0.3 is 10.6 Å². The van der Waals surface area contributed by atoms with Crippen molar-refractivity contribution < 1.29 is 26.4 Å². The van der Waals surface area contributed by atoms with Crippen molar-refractivity contribution in [2.45, 2.75) is 61.4 Å². The van der Waals surface area contributed by atoms with Gasteiger partial charge in [0.25, 0.3) is 0 Å². The van der Waals surface area contributed by atoms with Crippen LogP contribution in [0, 0.1) is 0 Å². The standard InChI is InChI=1S/C22H28N4O6S2/c1-15(27)23-17-7-11-19(12-8-17)33(29,30)25-21-5-3-4-6-22(21)26-34(31,32)20-13-9-18(10-14-20)24-16(2)28/h7-14,21-22,25-26H,3-6H2,1-2H3,(H,23,27)(H,24,28). The lowest BCUT2D eigenvalue weighted by atomic mass is 9.92. The number of benzene rings is 2. The number of carbonyl (C=O) groups excluding carboxylic acids is 2. The van der Waals surface area contributed by atoms with Crippen molar-refractivity contribution in [3.05, 3.63) is 48.5 Å². The zero-order valence-corrected chi connectivity index (χ0v) is 20.5. The van der Waals surface area contributed by atoms with Gasteiger partial charge in [-0.15, -0.1) is 0 Å². The molecule has 1 saturated carbocycles. The quantitative estimate of drug-likeness (QED) is 0.429. The normalized spacial score (nSPS) is 18.8. The fraction of sp³-hybridized carbons (Fsp3) is 0.364. The first-order chi connectivity index (χ1) is 16.0. The summed E-state index contributed by atoms with van der Waals surface area (Å²) in [6, 6.07) is 10.2. The van der Waals surface area contributed by atoms with E-state index in [1.165, 1.54) is 62.4 Å². The van der Waals surface area contributed by atoms with E-state index in [0.29, 0.717) is 24.2 Å². The molecule has 0 bridgehead atoms. The lowest BCUT2D eigenvalue weighted by molar-refractivity contribution is -0.115. The highest BCUT2D eigenvalue weighted by molar-refractivity contribution is 7.90. The predicted octanol–water partition coefficient (Wildman–Crippen LogP) is 2.17. The van der Waals surface area contributed by atoms with Gasteiger partial charge in [0.05, 0.1) is 9.79 Å². The monoisotopic (exact) mass is 508 g/mol. The van der Waals surface area contributed by atoms with E-state index in [0.717, 1.165) is 12.8 Å². The number of carbonyl (C=O) groups is 2. The van der Waals surface area contributed by atoms with E-state index in [9.17, 15) is 26.4 Å². The molecule has 2 unspecified atom stereocenters. The van der Waals surface area contributed by atoms with E-state index in [1.807, 2.05) is 0 Å².